The van der Waals surface area contributed by atoms with E-state index in [-0.39, 0.29) is 11.9 Å². The lowest BCUT2D eigenvalue weighted by atomic mass is 10.1. The fourth-order valence-corrected chi connectivity index (χ4v) is 2.18. The number of amides is 1. The van der Waals surface area contributed by atoms with Crippen molar-refractivity contribution in [3.8, 4) is 0 Å². The lowest BCUT2D eigenvalue weighted by Gasteiger charge is -2.14. The summed E-state index contributed by atoms with van der Waals surface area (Å²) in [4.78, 5) is 11.9. The molecule has 0 saturated heterocycles. The molecule has 3 N–H and O–H groups in total. The van der Waals surface area contributed by atoms with Gasteiger partial charge in [0.2, 0.25) is 0 Å². The molecule has 0 fully saturated rings. The van der Waals surface area contributed by atoms with Crippen molar-refractivity contribution < 1.29 is 4.79 Å². The third kappa shape index (κ3) is 4.48. The van der Waals surface area contributed by atoms with Crippen molar-refractivity contribution in [2.75, 3.05) is 17.7 Å². The van der Waals surface area contributed by atoms with Crippen molar-refractivity contribution in [2.24, 2.45) is 0 Å². The first kappa shape index (κ1) is 14.2. The van der Waals surface area contributed by atoms with E-state index in [0.717, 1.165) is 12.2 Å². The van der Waals surface area contributed by atoms with E-state index in [1.807, 2.05) is 13.2 Å². The predicted molar refractivity (Wildman–Crippen MR) is 75.8 cm³/mol. The van der Waals surface area contributed by atoms with E-state index in [4.69, 9.17) is 17.3 Å². The number of halogens is 1. The molecule has 5 heteroatoms. The molecular weight excluding hydrogens is 256 g/mol. The highest BCUT2D eigenvalue weighted by Crippen LogP contribution is 2.18. The lowest BCUT2D eigenvalue weighted by Crippen LogP contribution is -2.33. The first-order valence-corrected chi connectivity index (χ1v) is 7.16. The Labute approximate surface area is 111 Å². The van der Waals surface area contributed by atoms with Crippen LogP contribution in [0.25, 0.3) is 0 Å². The second-order valence-corrected chi connectivity index (χ2v) is 5.29. The van der Waals surface area contributed by atoms with Gasteiger partial charge in [0.05, 0.1) is 10.6 Å². The van der Waals surface area contributed by atoms with Gasteiger partial charge in [0.25, 0.3) is 5.91 Å². The van der Waals surface area contributed by atoms with Crippen molar-refractivity contribution in [1.82, 2.24) is 5.32 Å². The quantitative estimate of drug-likeness (QED) is 0.811. The van der Waals surface area contributed by atoms with Crippen LogP contribution < -0.4 is 11.1 Å². The van der Waals surface area contributed by atoms with Gasteiger partial charge in [0, 0.05) is 11.7 Å². The zero-order valence-corrected chi connectivity index (χ0v) is 11.6. The van der Waals surface area contributed by atoms with Crippen LogP contribution in [0.4, 0.5) is 5.69 Å². The number of anilines is 1. The van der Waals surface area contributed by atoms with Crippen LogP contribution in [-0.2, 0) is 0 Å². The van der Waals surface area contributed by atoms with Crippen LogP contribution in [-0.4, -0.2) is 24.0 Å². The molecule has 0 aliphatic rings. The number of benzene rings is 1. The van der Waals surface area contributed by atoms with Crippen LogP contribution in [0.3, 0.4) is 0 Å². The highest BCUT2D eigenvalue weighted by Gasteiger charge is 2.13. The Morgan fingerprint density at radius 2 is 2.29 bits per heavy atom. The number of thioether (sulfide) groups is 1. The lowest BCUT2D eigenvalue weighted by molar-refractivity contribution is 0.0939. The molecule has 1 amide bonds. The van der Waals surface area contributed by atoms with Crippen LogP contribution >= 0.6 is 23.4 Å². The van der Waals surface area contributed by atoms with Gasteiger partial charge in [0.15, 0.2) is 0 Å². The summed E-state index contributed by atoms with van der Waals surface area (Å²) in [5.41, 5.74) is 6.61. The number of carbonyl (C=O) groups excluding carboxylic acids is 1. The smallest absolute Gasteiger partial charge is 0.253 e. The van der Waals surface area contributed by atoms with Gasteiger partial charge < -0.3 is 11.1 Å². The minimum atomic E-state index is -0.170. The summed E-state index contributed by atoms with van der Waals surface area (Å²) in [7, 11) is 0. The molecule has 1 rings (SSSR count). The monoisotopic (exact) mass is 272 g/mol. The van der Waals surface area contributed by atoms with Gasteiger partial charge in [0.1, 0.15) is 0 Å². The van der Waals surface area contributed by atoms with E-state index >= 15 is 0 Å². The van der Waals surface area contributed by atoms with Crippen molar-refractivity contribution in [3.63, 3.8) is 0 Å². The molecule has 1 aromatic carbocycles. The van der Waals surface area contributed by atoms with Gasteiger partial charge in [-0.05, 0) is 43.6 Å². The second-order valence-electron chi connectivity index (χ2n) is 3.90. The molecule has 17 heavy (non-hydrogen) atoms. The molecular formula is C12H17ClN2OS. The zero-order valence-electron chi connectivity index (χ0n) is 10.00. The van der Waals surface area contributed by atoms with E-state index in [9.17, 15) is 4.79 Å². The number of hydrogen-bond donors (Lipinski definition) is 2. The normalized spacial score (nSPS) is 12.2. The molecule has 94 valence electrons. The third-order valence-corrected chi connectivity index (χ3v) is 3.34. The molecule has 0 bridgehead atoms. The van der Waals surface area contributed by atoms with Crippen LogP contribution in [0.15, 0.2) is 18.2 Å². The SMILES string of the molecule is CSCCC(C)NC(=O)c1cc(N)ccc1Cl. The summed E-state index contributed by atoms with van der Waals surface area (Å²) in [6.07, 6.45) is 2.98. The fraction of sp³-hybridized carbons (Fsp3) is 0.417. The van der Waals surface area contributed by atoms with Crippen LogP contribution in [0.2, 0.25) is 5.02 Å². The maximum Gasteiger partial charge on any atom is 0.253 e. The van der Waals surface area contributed by atoms with Crippen molar-refractivity contribution in [1.29, 1.82) is 0 Å². The third-order valence-electron chi connectivity index (χ3n) is 2.37. The van der Waals surface area contributed by atoms with Crippen LogP contribution in [0, 0.1) is 0 Å². The maximum atomic E-state index is 11.9. The van der Waals surface area contributed by atoms with E-state index in [1.165, 1.54) is 0 Å². The van der Waals surface area contributed by atoms with E-state index in [2.05, 4.69) is 5.32 Å². The van der Waals surface area contributed by atoms with E-state index in [1.54, 1.807) is 30.0 Å². The molecule has 1 aromatic rings. The number of rotatable bonds is 5. The van der Waals surface area contributed by atoms with Gasteiger partial charge >= 0.3 is 0 Å². The average Bonchev–Trinajstić information content (AvgIpc) is 2.29. The topological polar surface area (TPSA) is 55.1 Å². The largest absolute Gasteiger partial charge is 0.399 e. The zero-order chi connectivity index (χ0) is 12.8. The second kappa shape index (κ2) is 6.77. The minimum Gasteiger partial charge on any atom is -0.399 e. The van der Waals surface area contributed by atoms with E-state index in [0.29, 0.717) is 16.3 Å². The highest BCUT2D eigenvalue weighted by molar-refractivity contribution is 7.98. The highest BCUT2D eigenvalue weighted by atomic mass is 35.5. The van der Waals surface area contributed by atoms with Crippen molar-refractivity contribution >= 4 is 35.0 Å². The first-order chi connectivity index (χ1) is 8.04. The van der Waals surface area contributed by atoms with Gasteiger partial charge in [-0.25, -0.2) is 0 Å². The molecule has 0 aliphatic heterocycles. The number of nitrogens with one attached hydrogen (secondary N) is 1. The number of carbonyl (C=O) groups is 1. The first-order valence-electron chi connectivity index (χ1n) is 5.39. The standard InChI is InChI=1S/C12H17ClN2OS/c1-8(5-6-17-2)15-12(16)10-7-9(14)3-4-11(10)13/h3-4,7-8H,5-6,14H2,1-2H3,(H,15,16). The summed E-state index contributed by atoms with van der Waals surface area (Å²) in [6, 6.07) is 5.04. The Kier molecular flexibility index (Phi) is 5.65. The molecule has 0 heterocycles. The van der Waals surface area contributed by atoms with E-state index < -0.39 is 0 Å². The molecule has 0 saturated carbocycles. The predicted octanol–water partition coefficient (Wildman–Crippen LogP) is 2.79. The molecule has 3 nitrogen and oxygen atoms in total. The summed E-state index contributed by atoms with van der Waals surface area (Å²) in [6.45, 7) is 1.98. The van der Waals surface area contributed by atoms with Gasteiger partial charge in [-0.15, -0.1) is 0 Å². The molecule has 0 radical (unpaired) electrons. The Morgan fingerprint density at radius 1 is 1.59 bits per heavy atom. The average molecular weight is 273 g/mol. The Balaban J connectivity index is 2.66. The fourth-order valence-electron chi connectivity index (χ4n) is 1.39. The van der Waals surface area contributed by atoms with Gasteiger partial charge in [-0.3, -0.25) is 4.79 Å². The molecule has 1 unspecified atom stereocenters. The summed E-state index contributed by atoms with van der Waals surface area (Å²) in [5.74, 6) is 0.849. The Hall–Kier alpha value is -0.870. The van der Waals surface area contributed by atoms with Crippen molar-refractivity contribution in [2.45, 2.75) is 19.4 Å². The molecule has 0 aromatic heterocycles. The Morgan fingerprint density at radius 3 is 2.94 bits per heavy atom. The Bertz CT molecular complexity index is 398. The number of nitrogens with two attached hydrogens (primary N) is 1. The molecule has 0 aliphatic carbocycles. The number of hydrogen-bond acceptors (Lipinski definition) is 3. The van der Waals surface area contributed by atoms with Crippen molar-refractivity contribution in [3.05, 3.63) is 28.8 Å². The summed E-state index contributed by atoms with van der Waals surface area (Å²) >= 11 is 7.72. The minimum absolute atomic E-state index is 0.132. The van der Waals surface area contributed by atoms with Crippen LogP contribution in [0.1, 0.15) is 23.7 Å². The molecule has 1 atom stereocenters. The van der Waals surface area contributed by atoms with Gasteiger partial charge in [-0.2, -0.15) is 11.8 Å². The van der Waals surface area contributed by atoms with Gasteiger partial charge in [-0.1, -0.05) is 11.6 Å². The molecule has 0 spiro atoms. The summed E-state index contributed by atoms with van der Waals surface area (Å²) < 4.78 is 0. The number of nitrogen functional groups attached to an aromatic ring is 1. The maximum absolute atomic E-state index is 11.9. The van der Waals surface area contributed by atoms with Crippen LogP contribution in [0.5, 0.6) is 0 Å². The summed E-state index contributed by atoms with van der Waals surface area (Å²) in [5, 5.41) is 3.33.